The first-order chi connectivity index (χ1) is 9.52. The van der Waals surface area contributed by atoms with E-state index < -0.39 is 0 Å². The van der Waals surface area contributed by atoms with E-state index in [1.54, 1.807) is 18.2 Å². The number of benzene rings is 2. The molecule has 2 aromatic rings. The van der Waals surface area contributed by atoms with Crippen LogP contribution in [-0.2, 0) is 6.42 Å². The van der Waals surface area contributed by atoms with Crippen LogP contribution >= 0.6 is 43.5 Å². The van der Waals surface area contributed by atoms with Crippen LogP contribution in [-0.4, -0.2) is 7.05 Å². The Hall–Kier alpha value is -0.420. The monoisotopic (exact) mass is 419 g/mol. The van der Waals surface area contributed by atoms with E-state index in [-0.39, 0.29) is 16.9 Å². The maximum Gasteiger partial charge on any atom is 0.145 e. The molecule has 1 unspecified atom stereocenters. The molecule has 0 aromatic heterocycles. The fourth-order valence-corrected chi connectivity index (χ4v) is 3.60. The van der Waals surface area contributed by atoms with Gasteiger partial charge in [0.25, 0.3) is 0 Å². The van der Waals surface area contributed by atoms with Crippen LogP contribution in [0.1, 0.15) is 17.2 Å². The number of halogens is 4. The minimum absolute atomic E-state index is 0.00504. The minimum Gasteiger partial charge on any atom is -0.313 e. The van der Waals surface area contributed by atoms with E-state index in [9.17, 15) is 4.39 Å². The number of hydrogen-bond donors (Lipinski definition) is 1. The van der Waals surface area contributed by atoms with E-state index in [4.69, 9.17) is 11.6 Å². The molecule has 0 spiro atoms. The molecule has 1 nitrogen and oxygen atoms in total. The summed E-state index contributed by atoms with van der Waals surface area (Å²) in [5.41, 5.74) is 1.68. The van der Waals surface area contributed by atoms with Crippen molar-refractivity contribution in [2.45, 2.75) is 12.5 Å². The Morgan fingerprint density at radius 2 is 2.00 bits per heavy atom. The highest BCUT2D eigenvalue weighted by molar-refractivity contribution is 9.11. The molecule has 0 fully saturated rings. The number of rotatable bonds is 4. The summed E-state index contributed by atoms with van der Waals surface area (Å²) in [6.07, 6.45) is 0.531. The van der Waals surface area contributed by atoms with E-state index in [2.05, 4.69) is 37.2 Å². The van der Waals surface area contributed by atoms with E-state index in [0.29, 0.717) is 12.0 Å². The number of likely N-dealkylation sites (N-methyl/N-ethyl adjacent to an activating group) is 1. The van der Waals surface area contributed by atoms with Crippen molar-refractivity contribution < 1.29 is 4.39 Å². The standard InChI is InChI=1S/C15H13Br2ClFN/c1-20-14(11-6-5-10(16)8-12(11)17)7-9-3-2-4-13(18)15(9)19/h2-6,8,14,20H,7H2,1H3. The third-order valence-electron chi connectivity index (χ3n) is 3.14. The maximum atomic E-state index is 14.0. The van der Waals surface area contributed by atoms with E-state index >= 15 is 0 Å². The summed E-state index contributed by atoms with van der Waals surface area (Å²) in [5.74, 6) is -0.345. The lowest BCUT2D eigenvalue weighted by Gasteiger charge is -2.19. The molecule has 106 valence electrons. The molecule has 0 radical (unpaired) electrons. The van der Waals surface area contributed by atoms with Gasteiger partial charge in [-0.2, -0.15) is 0 Å². The second-order valence-corrected chi connectivity index (χ2v) is 6.60. The zero-order valence-corrected chi connectivity index (χ0v) is 14.7. The van der Waals surface area contributed by atoms with Gasteiger partial charge in [0, 0.05) is 15.0 Å². The summed E-state index contributed by atoms with van der Waals surface area (Å²) >= 11 is 12.8. The van der Waals surface area contributed by atoms with Crippen LogP contribution in [0.25, 0.3) is 0 Å². The lowest BCUT2D eigenvalue weighted by Crippen LogP contribution is -2.20. The number of hydrogen-bond acceptors (Lipinski definition) is 1. The van der Waals surface area contributed by atoms with Crippen molar-refractivity contribution >= 4 is 43.5 Å². The molecular weight excluding hydrogens is 408 g/mol. The van der Waals surface area contributed by atoms with Gasteiger partial charge in [-0.15, -0.1) is 0 Å². The van der Waals surface area contributed by atoms with Crippen LogP contribution < -0.4 is 5.32 Å². The van der Waals surface area contributed by atoms with Crippen LogP contribution in [0.15, 0.2) is 45.3 Å². The predicted molar refractivity (Wildman–Crippen MR) is 88.8 cm³/mol. The largest absolute Gasteiger partial charge is 0.313 e. The average molecular weight is 422 g/mol. The summed E-state index contributed by atoms with van der Waals surface area (Å²) in [4.78, 5) is 0. The Morgan fingerprint density at radius 3 is 2.65 bits per heavy atom. The third-order valence-corrected chi connectivity index (χ3v) is 4.61. The molecule has 1 N–H and O–H groups in total. The molecule has 2 rings (SSSR count). The van der Waals surface area contributed by atoms with Crippen molar-refractivity contribution in [3.63, 3.8) is 0 Å². The van der Waals surface area contributed by atoms with Crippen molar-refractivity contribution in [3.05, 3.63) is 67.3 Å². The fourth-order valence-electron chi connectivity index (χ4n) is 2.08. The molecular formula is C15H13Br2ClFN. The van der Waals surface area contributed by atoms with Gasteiger partial charge < -0.3 is 5.32 Å². The summed E-state index contributed by atoms with van der Waals surface area (Å²) in [6.45, 7) is 0. The van der Waals surface area contributed by atoms with Gasteiger partial charge in [-0.25, -0.2) is 4.39 Å². The van der Waals surface area contributed by atoms with Gasteiger partial charge in [-0.3, -0.25) is 0 Å². The summed E-state index contributed by atoms with van der Waals surface area (Å²) in [5, 5.41) is 3.38. The van der Waals surface area contributed by atoms with Crippen LogP contribution in [0.5, 0.6) is 0 Å². The van der Waals surface area contributed by atoms with Crippen LogP contribution in [0.2, 0.25) is 5.02 Å². The average Bonchev–Trinajstić information content (AvgIpc) is 2.41. The molecule has 0 bridgehead atoms. The highest BCUT2D eigenvalue weighted by Crippen LogP contribution is 2.30. The minimum atomic E-state index is -0.345. The van der Waals surface area contributed by atoms with Crippen molar-refractivity contribution in [1.82, 2.24) is 5.32 Å². The first-order valence-corrected chi connectivity index (χ1v) is 8.04. The lowest BCUT2D eigenvalue weighted by atomic mass is 9.99. The second-order valence-electron chi connectivity index (χ2n) is 4.42. The summed E-state index contributed by atoms with van der Waals surface area (Å²) in [6, 6.07) is 11.1. The highest BCUT2D eigenvalue weighted by atomic mass is 79.9. The molecule has 0 aliphatic carbocycles. The van der Waals surface area contributed by atoms with E-state index in [1.807, 2.05) is 25.2 Å². The van der Waals surface area contributed by atoms with Gasteiger partial charge in [0.2, 0.25) is 0 Å². The molecule has 1 atom stereocenters. The number of nitrogens with one attached hydrogen (secondary N) is 1. The molecule has 20 heavy (non-hydrogen) atoms. The second kappa shape index (κ2) is 7.03. The first kappa shape index (κ1) is 16.0. The first-order valence-electron chi connectivity index (χ1n) is 6.08. The Bertz CT molecular complexity index is 619. The van der Waals surface area contributed by atoms with E-state index in [1.165, 1.54) is 0 Å². The van der Waals surface area contributed by atoms with Gasteiger partial charge in [-0.1, -0.05) is 61.7 Å². The molecule has 0 saturated heterocycles. The Kier molecular flexibility index (Phi) is 5.61. The van der Waals surface area contributed by atoms with Crippen LogP contribution in [0.3, 0.4) is 0 Å². The zero-order chi connectivity index (χ0) is 14.7. The predicted octanol–water partition coefficient (Wildman–Crippen LogP) is 5.51. The SMILES string of the molecule is CNC(Cc1cccc(Cl)c1F)c1ccc(Br)cc1Br. The Morgan fingerprint density at radius 1 is 1.25 bits per heavy atom. The topological polar surface area (TPSA) is 12.0 Å². The maximum absolute atomic E-state index is 14.0. The van der Waals surface area contributed by atoms with Crippen molar-refractivity contribution in [1.29, 1.82) is 0 Å². The molecule has 2 aromatic carbocycles. The molecule has 5 heteroatoms. The van der Waals surface area contributed by atoms with E-state index in [0.717, 1.165) is 14.5 Å². The highest BCUT2D eigenvalue weighted by Gasteiger charge is 2.16. The fraction of sp³-hybridized carbons (Fsp3) is 0.200. The molecule has 0 amide bonds. The molecule has 0 aliphatic rings. The smallest absolute Gasteiger partial charge is 0.145 e. The summed E-state index contributed by atoms with van der Waals surface area (Å²) in [7, 11) is 1.86. The molecule has 0 aliphatic heterocycles. The quantitative estimate of drug-likeness (QED) is 0.687. The van der Waals surface area contributed by atoms with Gasteiger partial charge in [-0.05, 0) is 42.8 Å². The van der Waals surface area contributed by atoms with Gasteiger partial charge >= 0.3 is 0 Å². The molecule has 0 heterocycles. The van der Waals surface area contributed by atoms with Crippen molar-refractivity contribution in [2.75, 3.05) is 7.05 Å². The normalized spacial score (nSPS) is 12.4. The Balaban J connectivity index is 2.31. The Labute approximate surface area is 139 Å². The van der Waals surface area contributed by atoms with Crippen LogP contribution in [0.4, 0.5) is 4.39 Å². The summed E-state index contributed by atoms with van der Waals surface area (Å²) < 4.78 is 16.0. The van der Waals surface area contributed by atoms with Crippen LogP contribution in [0, 0.1) is 5.82 Å². The lowest BCUT2D eigenvalue weighted by molar-refractivity contribution is 0.553. The molecule has 0 saturated carbocycles. The van der Waals surface area contributed by atoms with Gasteiger partial charge in [0.1, 0.15) is 5.82 Å². The van der Waals surface area contributed by atoms with Crippen molar-refractivity contribution in [2.24, 2.45) is 0 Å². The third kappa shape index (κ3) is 3.61. The van der Waals surface area contributed by atoms with Crippen molar-refractivity contribution in [3.8, 4) is 0 Å². The zero-order valence-electron chi connectivity index (χ0n) is 10.8. The van der Waals surface area contributed by atoms with Gasteiger partial charge in [0.05, 0.1) is 5.02 Å². The van der Waals surface area contributed by atoms with Gasteiger partial charge in [0.15, 0.2) is 0 Å².